The number of hydrogen-bond acceptors (Lipinski definition) is 6. The number of benzene rings is 1. The van der Waals surface area contributed by atoms with Crippen LogP contribution >= 0.6 is 11.3 Å². The Balaban J connectivity index is 1.86. The molecular formula is C16H19N3O4S2. The minimum absolute atomic E-state index is 0.128. The maximum absolute atomic E-state index is 12.6. The number of carbonyl (C=O) groups excluding carboxylic acids is 1. The number of nitrogens with one attached hydrogen (secondary N) is 2. The molecule has 1 aliphatic rings. The molecular weight excluding hydrogens is 362 g/mol. The number of ether oxygens (including phenoxy) is 1. The standard InChI is InChI=1S/C16H19N3O4S2/c1-3-23-13-7-6-11(9-10(13)2)25(21,22)19-16-18-12-5-4-8-17-15(20)14(12)24-16/h6-7,9H,3-5,8H2,1-2H3,(H,17,20)(H,18,19). The van der Waals surface area contributed by atoms with E-state index >= 15 is 0 Å². The largest absolute Gasteiger partial charge is 0.494 e. The molecule has 9 heteroatoms. The van der Waals surface area contributed by atoms with Gasteiger partial charge >= 0.3 is 0 Å². The third kappa shape index (κ3) is 3.77. The zero-order valence-electron chi connectivity index (χ0n) is 14.0. The van der Waals surface area contributed by atoms with E-state index in [1.54, 1.807) is 19.1 Å². The molecule has 2 aromatic rings. The van der Waals surface area contributed by atoms with Crippen LogP contribution in [0.25, 0.3) is 0 Å². The number of thiazole rings is 1. The van der Waals surface area contributed by atoms with Crippen molar-refractivity contribution in [1.29, 1.82) is 0 Å². The molecule has 0 spiro atoms. The molecule has 1 aromatic carbocycles. The van der Waals surface area contributed by atoms with E-state index in [4.69, 9.17) is 4.74 Å². The van der Waals surface area contributed by atoms with Crippen LogP contribution in [0, 0.1) is 6.92 Å². The molecule has 0 saturated carbocycles. The lowest BCUT2D eigenvalue weighted by molar-refractivity contribution is 0.0960. The van der Waals surface area contributed by atoms with Crippen molar-refractivity contribution in [3.05, 3.63) is 34.3 Å². The van der Waals surface area contributed by atoms with Crippen LogP contribution in [0.5, 0.6) is 5.75 Å². The lowest BCUT2D eigenvalue weighted by atomic mass is 10.2. The second-order valence-corrected chi connectivity index (χ2v) is 8.30. The van der Waals surface area contributed by atoms with Gasteiger partial charge in [-0.05, 0) is 50.5 Å². The third-order valence-electron chi connectivity index (χ3n) is 3.76. The first kappa shape index (κ1) is 17.7. The van der Waals surface area contributed by atoms with Crippen LogP contribution in [0.3, 0.4) is 0 Å². The molecule has 0 atom stereocenters. The van der Waals surface area contributed by atoms with Gasteiger partial charge in [0.05, 0.1) is 17.2 Å². The number of nitrogens with zero attached hydrogens (tertiary/aromatic N) is 1. The second-order valence-electron chi connectivity index (χ2n) is 5.62. The zero-order chi connectivity index (χ0) is 18.0. The number of anilines is 1. The summed E-state index contributed by atoms with van der Waals surface area (Å²) in [6, 6.07) is 4.68. The van der Waals surface area contributed by atoms with Gasteiger partial charge in [-0.25, -0.2) is 13.4 Å². The summed E-state index contributed by atoms with van der Waals surface area (Å²) in [6.45, 7) is 4.78. The van der Waals surface area contributed by atoms with Gasteiger partial charge in [-0.3, -0.25) is 9.52 Å². The highest BCUT2D eigenvalue weighted by molar-refractivity contribution is 7.93. The van der Waals surface area contributed by atoms with E-state index in [0.717, 1.165) is 23.3 Å². The van der Waals surface area contributed by atoms with E-state index in [2.05, 4.69) is 15.0 Å². The summed E-state index contributed by atoms with van der Waals surface area (Å²) in [4.78, 5) is 16.8. The zero-order valence-corrected chi connectivity index (χ0v) is 15.6. The molecule has 3 rings (SSSR count). The Kier molecular flexibility index (Phi) is 4.96. The van der Waals surface area contributed by atoms with Crippen LogP contribution in [0.2, 0.25) is 0 Å². The van der Waals surface area contributed by atoms with Crippen LogP contribution in [0.15, 0.2) is 23.1 Å². The van der Waals surface area contributed by atoms with E-state index in [1.165, 1.54) is 6.07 Å². The highest BCUT2D eigenvalue weighted by Crippen LogP contribution is 2.28. The fourth-order valence-corrected chi connectivity index (χ4v) is 4.81. The maximum Gasteiger partial charge on any atom is 0.263 e. The van der Waals surface area contributed by atoms with Gasteiger partial charge in [-0.2, -0.15) is 0 Å². The van der Waals surface area contributed by atoms with Crippen molar-refractivity contribution in [1.82, 2.24) is 10.3 Å². The fourth-order valence-electron chi connectivity index (χ4n) is 2.56. The number of aryl methyl sites for hydroxylation is 2. The first-order valence-corrected chi connectivity index (χ1v) is 10.2. The minimum Gasteiger partial charge on any atom is -0.494 e. The second kappa shape index (κ2) is 7.01. The average molecular weight is 381 g/mol. The van der Waals surface area contributed by atoms with Gasteiger partial charge in [0.1, 0.15) is 10.6 Å². The fraction of sp³-hybridized carbons (Fsp3) is 0.375. The molecule has 7 nitrogen and oxygen atoms in total. The van der Waals surface area contributed by atoms with Crippen molar-refractivity contribution in [2.45, 2.75) is 31.6 Å². The SMILES string of the molecule is CCOc1ccc(S(=O)(=O)Nc2nc3c(s2)C(=O)NCCC3)cc1C. The number of rotatable bonds is 5. The van der Waals surface area contributed by atoms with E-state index < -0.39 is 10.0 Å². The van der Waals surface area contributed by atoms with Crippen molar-refractivity contribution in [2.24, 2.45) is 0 Å². The smallest absolute Gasteiger partial charge is 0.263 e. The van der Waals surface area contributed by atoms with Crippen molar-refractivity contribution >= 4 is 32.4 Å². The van der Waals surface area contributed by atoms with Crippen LogP contribution in [-0.2, 0) is 16.4 Å². The molecule has 0 radical (unpaired) electrons. The first-order chi connectivity index (χ1) is 11.9. The van der Waals surface area contributed by atoms with Crippen molar-refractivity contribution in [2.75, 3.05) is 17.9 Å². The van der Waals surface area contributed by atoms with Crippen LogP contribution in [0.4, 0.5) is 5.13 Å². The summed E-state index contributed by atoms with van der Waals surface area (Å²) in [7, 11) is -3.78. The van der Waals surface area contributed by atoms with Crippen LogP contribution in [-0.4, -0.2) is 32.5 Å². The normalized spacial score (nSPS) is 14.4. The Bertz CT molecular complexity index is 906. The van der Waals surface area contributed by atoms with Crippen molar-refractivity contribution in [3.8, 4) is 5.75 Å². The van der Waals surface area contributed by atoms with Crippen LogP contribution < -0.4 is 14.8 Å². The Hall–Kier alpha value is -2.13. The lowest BCUT2D eigenvalue weighted by Gasteiger charge is -2.10. The maximum atomic E-state index is 12.6. The third-order valence-corrected chi connectivity index (χ3v) is 6.24. The predicted octanol–water partition coefficient (Wildman–Crippen LogP) is 2.33. The minimum atomic E-state index is -3.78. The quantitative estimate of drug-likeness (QED) is 0.828. The number of sulfonamides is 1. The summed E-state index contributed by atoms with van der Waals surface area (Å²) < 4.78 is 33.1. The molecule has 0 saturated heterocycles. The first-order valence-electron chi connectivity index (χ1n) is 7.95. The molecule has 0 unspecified atom stereocenters. The monoisotopic (exact) mass is 381 g/mol. The Morgan fingerprint density at radius 3 is 2.92 bits per heavy atom. The van der Waals surface area contributed by atoms with Gasteiger partial charge in [0.25, 0.3) is 15.9 Å². The molecule has 134 valence electrons. The molecule has 2 N–H and O–H groups in total. The van der Waals surface area contributed by atoms with Crippen molar-refractivity contribution in [3.63, 3.8) is 0 Å². The summed E-state index contributed by atoms with van der Waals surface area (Å²) in [5.41, 5.74) is 1.37. The Morgan fingerprint density at radius 2 is 2.20 bits per heavy atom. The van der Waals surface area contributed by atoms with Gasteiger partial charge in [0, 0.05) is 6.54 Å². The summed E-state index contributed by atoms with van der Waals surface area (Å²) in [6.07, 6.45) is 1.43. The number of hydrogen-bond donors (Lipinski definition) is 2. The van der Waals surface area contributed by atoms with E-state index in [9.17, 15) is 13.2 Å². The molecule has 1 amide bonds. The number of fused-ring (bicyclic) bond motifs is 1. The highest BCUT2D eigenvalue weighted by Gasteiger charge is 2.23. The van der Waals surface area contributed by atoms with Crippen molar-refractivity contribution < 1.29 is 17.9 Å². The van der Waals surface area contributed by atoms with Crippen LogP contribution in [0.1, 0.15) is 34.3 Å². The highest BCUT2D eigenvalue weighted by atomic mass is 32.2. The van der Waals surface area contributed by atoms with E-state index in [-0.39, 0.29) is 15.9 Å². The molecule has 0 fully saturated rings. The molecule has 1 aromatic heterocycles. The van der Waals surface area contributed by atoms with Gasteiger partial charge < -0.3 is 10.1 Å². The Labute approximate surface area is 150 Å². The molecule has 25 heavy (non-hydrogen) atoms. The summed E-state index contributed by atoms with van der Waals surface area (Å²) in [5, 5.41) is 2.98. The predicted molar refractivity (Wildman–Crippen MR) is 95.9 cm³/mol. The van der Waals surface area contributed by atoms with Gasteiger partial charge in [0.2, 0.25) is 0 Å². The molecule has 1 aliphatic heterocycles. The summed E-state index contributed by atoms with van der Waals surface area (Å²) in [5.74, 6) is 0.450. The number of aromatic nitrogens is 1. The topological polar surface area (TPSA) is 97.4 Å². The molecule has 2 heterocycles. The van der Waals surface area contributed by atoms with Gasteiger partial charge in [-0.1, -0.05) is 11.3 Å². The van der Waals surface area contributed by atoms with Gasteiger partial charge in [0.15, 0.2) is 5.13 Å². The van der Waals surface area contributed by atoms with E-state index in [1.807, 2.05) is 6.92 Å². The van der Waals surface area contributed by atoms with Gasteiger partial charge in [-0.15, -0.1) is 0 Å². The summed E-state index contributed by atoms with van der Waals surface area (Å²) >= 11 is 1.06. The molecule has 0 aliphatic carbocycles. The average Bonchev–Trinajstić information content (AvgIpc) is 2.87. The van der Waals surface area contributed by atoms with E-state index in [0.29, 0.717) is 35.9 Å². The lowest BCUT2D eigenvalue weighted by Crippen LogP contribution is -2.21. The Morgan fingerprint density at radius 1 is 1.40 bits per heavy atom. The number of carbonyl (C=O) groups is 1. The molecule has 0 bridgehead atoms. The number of amides is 1.